The summed E-state index contributed by atoms with van der Waals surface area (Å²) in [6.07, 6.45) is 2.32. The average molecular weight is 356 g/mol. The minimum Gasteiger partial charge on any atom is -0.324 e. The lowest BCUT2D eigenvalue weighted by atomic mass is 9.76. The molecule has 1 heterocycles. The molecule has 7 heteroatoms. The zero-order valence-corrected chi connectivity index (χ0v) is 13.4. The molecule has 1 amide bonds. The van der Waals surface area contributed by atoms with Gasteiger partial charge < -0.3 is 10.6 Å². The first-order valence-corrected chi connectivity index (χ1v) is 7.74. The molecule has 114 valence electrons. The van der Waals surface area contributed by atoms with Crippen LogP contribution in [0.15, 0.2) is 22.7 Å². The Hall–Kier alpha value is -1.47. The van der Waals surface area contributed by atoms with Crippen LogP contribution in [-0.4, -0.2) is 23.9 Å². The average Bonchev–Trinajstić information content (AvgIpc) is 2.49. The summed E-state index contributed by atoms with van der Waals surface area (Å²) in [6.45, 7) is 3.64. The quantitative estimate of drug-likeness (QED) is 0.641. The molecule has 1 saturated heterocycles. The van der Waals surface area contributed by atoms with Crippen LogP contribution in [0.4, 0.5) is 11.4 Å². The fourth-order valence-corrected chi connectivity index (χ4v) is 2.97. The summed E-state index contributed by atoms with van der Waals surface area (Å²) in [6, 6.07) is 4.36. The molecule has 0 aromatic heterocycles. The van der Waals surface area contributed by atoms with Crippen molar-refractivity contribution in [3.8, 4) is 0 Å². The summed E-state index contributed by atoms with van der Waals surface area (Å²) in [5.74, 6) is -0.0623. The number of rotatable bonds is 4. The lowest BCUT2D eigenvalue weighted by Crippen LogP contribution is -2.44. The van der Waals surface area contributed by atoms with Gasteiger partial charge in [0.2, 0.25) is 5.91 Å². The number of nitro groups is 1. The van der Waals surface area contributed by atoms with Gasteiger partial charge in [0.05, 0.1) is 16.0 Å². The Kier molecular flexibility index (Phi) is 4.95. The molecule has 0 atom stereocenters. The van der Waals surface area contributed by atoms with E-state index in [1.807, 2.05) is 6.92 Å². The van der Waals surface area contributed by atoms with Crippen LogP contribution in [0.1, 0.15) is 26.2 Å². The van der Waals surface area contributed by atoms with E-state index in [0.29, 0.717) is 10.2 Å². The van der Waals surface area contributed by atoms with E-state index < -0.39 is 10.3 Å². The van der Waals surface area contributed by atoms with Gasteiger partial charge in [-0.05, 0) is 54.3 Å². The minimum absolute atomic E-state index is 0.0376. The van der Waals surface area contributed by atoms with Crippen LogP contribution in [-0.2, 0) is 4.79 Å². The Bertz CT molecular complexity index is 556. The molecule has 1 aliphatic heterocycles. The van der Waals surface area contributed by atoms with E-state index in [1.54, 1.807) is 6.07 Å². The molecule has 1 aromatic carbocycles. The number of nitrogens with zero attached hydrogens (tertiary/aromatic N) is 1. The van der Waals surface area contributed by atoms with E-state index in [4.69, 9.17) is 0 Å². The molecule has 1 aliphatic rings. The van der Waals surface area contributed by atoms with E-state index in [0.717, 1.165) is 32.4 Å². The first-order chi connectivity index (χ1) is 9.98. The van der Waals surface area contributed by atoms with Crippen LogP contribution in [0, 0.1) is 15.5 Å². The maximum atomic E-state index is 12.6. The summed E-state index contributed by atoms with van der Waals surface area (Å²) >= 11 is 3.32. The molecule has 0 radical (unpaired) electrons. The van der Waals surface area contributed by atoms with Gasteiger partial charge in [-0.3, -0.25) is 14.9 Å². The van der Waals surface area contributed by atoms with Gasteiger partial charge in [-0.2, -0.15) is 0 Å². The maximum Gasteiger partial charge on any atom is 0.271 e. The first kappa shape index (κ1) is 15.9. The topological polar surface area (TPSA) is 84.3 Å². The molecule has 0 spiro atoms. The number of halogens is 1. The second-order valence-corrected chi connectivity index (χ2v) is 6.11. The van der Waals surface area contributed by atoms with E-state index in [2.05, 4.69) is 26.6 Å². The highest BCUT2D eigenvalue weighted by atomic mass is 79.9. The number of nitrogens with one attached hydrogen (secondary N) is 2. The lowest BCUT2D eigenvalue weighted by molar-refractivity contribution is -0.384. The molecular formula is C14H18BrN3O3. The largest absolute Gasteiger partial charge is 0.324 e. The van der Waals surface area contributed by atoms with Gasteiger partial charge in [-0.25, -0.2) is 0 Å². The monoisotopic (exact) mass is 355 g/mol. The highest BCUT2D eigenvalue weighted by Gasteiger charge is 2.38. The number of benzene rings is 1. The van der Waals surface area contributed by atoms with Crippen LogP contribution in [0.25, 0.3) is 0 Å². The molecule has 1 aromatic rings. The Morgan fingerprint density at radius 2 is 2.14 bits per heavy atom. The molecule has 1 fully saturated rings. The second-order valence-electron chi connectivity index (χ2n) is 5.26. The van der Waals surface area contributed by atoms with E-state index in [1.165, 1.54) is 12.1 Å². The van der Waals surface area contributed by atoms with Crippen molar-refractivity contribution in [1.82, 2.24) is 5.32 Å². The molecule has 21 heavy (non-hydrogen) atoms. The van der Waals surface area contributed by atoms with E-state index >= 15 is 0 Å². The van der Waals surface area contributed by atoms with Crippen molar-refractivity contribution in [2.24, 2.45) is 5.41 Å². The highest BCUT2D eigenvalue weighted by Crippen LogP contribution is 2.35. The van der Waals surface area contributed by atoms with Crippen LogP contribution in [0.3, 0.4) is 0 Å². The number of nitro benzene ring substituents is 1. The Morgan fingerprint density at radius 3 is 2.71 bits per heavy atom. The molecule has 2 rings (SSSR count). The number of hydrogen-bond donors (Lipinski definition) is 2. The van der Waals surface area contributed by atoms with Crippen LogP contribution in [0.5, 0.6) is 0 Å². The van der Waals surface area contributed by atoms with Gasteiger partial charge in [-0.15, -0.1) is 0 Å². The van der Waals surface area contributed by atoms with Crippen LogP contribution >= 0.6 is 15.9 Å². The van der Waals surface area contributed by atoms with Crippen LogP contribution < -0.4 is 10.6 Å². The Balaban J connectivity index is 2.22. The number of piperidine rings is 1. The minimum atomic E-state index is -0.470. The van der Waals surface area contributed by atoms with Crippen molar-refractivity contribution in [3.05, 3.63) is 32.8 Å². The molecule has 0 aliphatic carbocycles. The fourth-order valence-electron chi connectivity index (χ4n) is 2.62. The van der Waals surface area contributed by atoms with Gasteiger partial charge in [-0.1, -0.05) is 6.92 Å². The van der Waals surface area contributed by atoms with Gasteiger partial charge >= 0.3 is 0 Å². The van der Waals surface area contributed by atoms with Crippen molar-refractivity contribution >= 4 is 33.2 Å². The first-order valence-electron chi connectivity index (χ1n) is 6.94. The zero-order valence-electron chi connectivity index (χ0n) is 11.8. The molecule has 2 N–H and O–H groups in total. The highest BCUT2D eigenvalue weighted by molar-refractivity contribution is 9.10. The SMILES string of the molecule is CCC1(C(=O)Nc2cc([N+](=O)[O-])ccc2Br)CCNCC1. The molecule has 0 unspecified atom stereocenters. The number of non-ortho nitro benzene ring substituents is 1. The van der Waals surface area contributed by atoms with Crippen molar-refractivity contribution in [3.63, 3.8) is 0 Å². The molecule has 0 bridgehead atoms. The third-order valence-electron chi connectivity index (χ3n) is 4.13. The van der Waals surface area contributed by atoms with Gasteiger partial charge in [0.25, 0.3) is 5.69 Å². The number of carbonyl (C=O) groups is 1. The van der Waals surface area contributed by atoms with Crippen LogP contribution in [0.2, 0.25) is 0 Å². The fraction of sp³-hybridized carbons (Fsp3) is 0.500. The molecule has 0 saturated carbocycles. The summed E-state index contributed by atoms with van der Waals surface area (Å²) in [5.41, 5.74) is 0.0138. The molecule has 6 nitrogen and oxygen atoms in total. The van der Waals surface area contributed by atoms with Gasteiger partial charge in [0.1, 0.15) is 0 Å². The smallest absolute Gasteiger partial charge is 0.271 e. The lowest BCUT2D eigenvalue weighted by Gasteiger charge is -2.35. The Labute approximate surface area is 131 Å². The van der Waals surface area contributed by atoms with E-state index in [-0.39, 0.29) is 11.6 Å². The standard InChI is InChI=1S/C14H18BrN3O3/c1-2-14(5-7-16-8-6-14)13(19)17-12-9-10(18(20)21)3-4-11(12)15/h3-4,9,16H,2,5-8H2,1H3,(H,17,19). The summed E-state index contributed by atoms with van der Waals surface area (Å²) < 4.78 is 0.640. The van der Waals surface area contributed by atoms with Crippen molar-refractivity contribution in [1.29, 1.82) is 0 Å². The zero-order chi connectivity index (χ0) is 15.5. The van der Waals surface area contributed by atoms with Gasteiger partial charge in [0.15, 0.2) is 0 Å². The third-order valence-corrected chi connectivity index (χ3v) is 4.82. The predicted molar refractivity (Wildman–Crippen MR) is 84.3 cm³/mol. The van der Waals surface area contributed by atoms with Crippen molar-refractivity contribution in [2.45, 2.75) is 26.2 Å². The van der Waals surface area contributed by atoms with E-state index in [9.17, 15) is 14.9 Å². The number of anilines is 1. The summed E-state index contributed by atoms with van der Waals surface area (Å²) in [7, 11) is 0. The third kappa shape index (κ3) is 3.41. The van der Waals surface area contributed by atoms with Crippen molar-refractivity contribution in [2.75, 3.05) is 18.4 Å². The normalized spacial score (nSPS) is 17.2. The summed E-state index contributed by atoms with van der Waals surface area (Å²) in [5, 5.41) is 16.9. The Morgan fingerprint density at radius 1 is 1.48 bits per heavy atom. The van der Waals surface area contributed by atoms with Crippen molar-refractivity contribution < 1.29 is 9.72 Å². The number of carbonyl (C=O) groups excluding carboxylic acids is 1. The van der Waals surface area contributed by atoms with Gasteiger partial charge in [0, 0.05) is 16.6 Å². The number of hydrogen-bond acceptors (Lipinski definition) is 4. The maximum absolute atomic E-state index is 12.6. The number of amides is 1. The predicted octanol–water partition coefficient (Wildman–Crippen LogP) is 3.08. The second kappa shape index (κ2) is 6.53. The summed E-state index contributed by atoms with van der Waals surface area (Å²) in [4.78, 5) is 23.0. The molecular weight excluding hydrogens is 338 g/mol.